The van der Waals surface area contributed by atoms with Gasteiger partial charge in [-0.1, -0.05) is 5.57 Å². The maximum absolute atomic E-state index is 5.71. The van der Waals surface area contributed by atoms with Crippen LogP contribution in [0.15, 0.2) is 59.2 Å². The monoisotopic (exact) mass is 632 g/mol. The molecule has 1 atom stereocenters. The zero-order chi connectivity index (χ0) is 32.9. The molecule has 0 aliphatic carbocycles. The summed E-state index contributed by atoms with van der Waals surface area (Å²) in [6.07, 6.45) is 6.68. The normalized spacial score (nSPS) is 14.4. The van der Waals surface area contributed by atoms with Gasteiger partial charge in [0, 0.05) is 49.5 Å². The Kier molecular flexibility index (Phi) is 13.3. The van der Waals surface area contributed by atoms with Crippen LogP contribution < -0.4 is 34.3 Å². The SMILES string of the molecule is COCCc1c(OC)cc(C2=NC(C)CC(CNCCCNCc3ccnc(-c4cc(OC)c(OC)c(OC)c4)c3)=C2)cc1OC. The summed E-state index contributed by atoms with van der Waals surface area (Å²) in [6.45, 7) is 6.13. The van der Waals surface area contributed by atoms with E-state index in [2.05, 4.69) is 34.7 Å². The van der Waals surface area contributed by atoms with Gasteiger partial charge in [0.05, 0.1) is 59.6 Å². The van der Waals surface area contributed by atoms with Crippen molar-refractivity contribution in [1.82, 2.24) is 15.6 Å². The molecule has 1 aromatic heterocycles. The molecule has 4 rings (SSSR count). The number of aromatic nitrogens is 1. The molecule has 0 amide bonds. The molecule has 10 heteroatoms. The predicted molar refractivity (Wildman–Crippen MR) is 182 cm³/mol. The van der Waals surface area contributed by atoms with Gasteiger partial charge in [0.1, 0.15) is 11.5 Å². The molecule has 0 bridgehead atoms. The van der Waals surface area contributed by atoms with Gasteiger partial charge in [-0.3, -0.25) is 9.98 Å². The minimum absolute atomic E-state index is 0.203. The number of aliphatic imine (C=N–C) groups is 1. The molecule has 0 saturated carbocycles. The van der Waals surface area contributed by atoms with Gasteiger partial charge in [0.2, 0.25) is 5.75 Å². The second-order valence-corrected chi connectivity index (χ2v) is 11.1. The molecule has 2 aromatic carbocycles. The highest BCUT2D eigenvalue weighted by Gasteiger charge is 2.19. The van der Waals surface area contributed by atoms with E-state index < -0.39 is 0 Å². The van der Waals surface area contributed by atoms with Crippen LogP contribution in [-0.2, 0) is 17.7 Å². The molecule has 1 unspecified atom stereocenters. The Morgan fingerprint density at radius 3 is 2.00 bits per heavy atom. The van der Waals surface area contributed by atoms with Gasteiger partial charge in [-0.2, -0.15) is 0 Å². The van der Waals surface area contributed by atoms with Crippen LogP contribution in [-0.4, -0.2) is 85.6 Å². The van der Waals surface area contributed by atoms with Crippen molar-refractivity contribution in [2.45, 2.75) is 38.8 Å². The first-order valence-corrected chi connectivity index (χ1v) is 15.6. The smallest absolute Gasteiger partial charge is 0.203 e. The van der Waals surface area contributed by atoms with E-state index in [4.69, 9.17) is 33.4 Å². The van der Waals surface area contributed by atoms with Gasteiger partial charge in [-0.15, -0.1) is 0 Å². The number of benzene rings is 2. The third kappa shape index (κ3) is 8.99. The van der Waals surface area contributed by atoms with Crippen LogP contribution in [0.4, 0.5) is 0 Å². The first-order valence-electron chi connectivity index (χ1n) is 15.6. The number of ether oxygens (including phenoxy) is 6. The zero-order valence-corrected chi connectivity index (χ0v) is 28.2. The van der Waals surface area contributed by atoms with E-state index >= 15 is 0 Å². The topological polar surface area (TPSA) is 105 Å². The Morgan fingerprint density at radius 2 is 1.39 bits per heavy atom. The quantitative estimate of drug-likeness (QED) is 0.182. The number of hydrogen-bond donors (Lipinski definition) is 2. The fourth-order valence-electron chi connectivity index (χ4n) is 5.61. The molecule has 46 heavy (non-hydrogen) atoms. The molecule has 0 spiro atoms. The number of nitrogens with zero attached hydrogens (tertiary/aromatic N) is 2. The fraction of sp³-hybridized carbons (Fsp3) is 0.444. The molecular weight excluding hydrogens is 584 g/mol. The standard InChI is InChI=1S/C36H48N4O6/c1-24-15-26(17-31(40-24)28-18-32(42-3)29(10-14-41-2)33(19-28)43-4)23-38-12-8-11-37-22-25-9-13-39-30(16-25)27-20-34(44-5)36(46-7)35(21-27)45-6/h9,13,16-21,24,37-38H,8,10-12,14-15,22-23H2,1-7H3. The van der Waals surface area contributed by atoms with Crippen molar-refractivity contribution in [2.75, 3.05) is 68.9 Å². The minimum Gasteiger partial charge on any atom is -0.496 e. The van der Waals surface area contributed by atoms with Crippen molar-refractivity contribution >= 4 is 5.71 Å². The average Bonchev–Trinajstić information content (AvgIpc) is 3.09. The number of methoxy groups -OCH3 is 6. The van der Waals surface area contributed by atoms with Gasteiger partial charge in [0.25, 0.3) is 0 Å². The largest absolute Gasteiger partial charge is 0.496 e. The van der Waals surface area contributed by atoms with E-state index in [1.54, 1.807) is 42.7 Å². The van der Waals surface area contributed by atoms with Gasteiger partial charge >= 0.3 is 0 Å². The summed E-state index contributed by atoms with van der Waals surface area (Å²) in [6, 6.07) is 12.2. The van der Waals surface area contributed by atoms with Gasteiger partial charge in [0.15, 0.2) is 11.5 Å². The third-order valence-electron chi connectivity index (χ3n) is 7.89. The van der Waals surface area contributed by atoms with E-state index in [0.717, 1.165) is 84.2 Å². The van der Waals surface area contributed by atoms with Crippen molar-refractivity contribution in [3.05, 3.63) is 70.9 Å². The van der Waals surface area contributed by atoms with Gasteiger partial charge < -0.3 is 39.1 Å². The van der Waals surface area contributed by atoms with Crippen LogP contribution in [0.2, 0.25) is 0 Å². The highest BCUT2D eigenvalue weighted by atomic mass is 16.5. The highest BCUT2D eigenvalue weighted by Crippen LogP contribution is 2.41. The second-order valence-electron chi connectivity index (χ2n) is 11.1. The Morgan fingerprint density at radius 1 is 0.761 bits per heavy atom. The lowest BCUT2D eigenvalue weighted by molar-refractivity contribution is 0.200. The van der Waals surface area contributed by atoms with E-state index in [1.807, 2.05) is 36.5 Å². The molecule has 1 aliphatic heterocycles. The Balaban J connectivity index is 1.28. The molecule has 10 nitrogen and oxygen atoms in total. The number of allylic oxidation sites excluding steroid dienone is 1. The second kappa shape index (κ2) is 17.5. The lowest BCUT2D eigenvalue weighted by Crippen LogP contribution is -2.25. The summed E-state index contributed by atoms with van der Waals surface area (Å²) in [4.78, 5) is 9.51. The first kappa shape index (κ1) is 34.7. The summed E-state index contributed by atoms with van der Waals surface area (Å²) < 4.78 is 33.2. The van der Waals surface area contributed by atoms with Crippen LogP contribution in [0, 0.1) is 0 Å². The minimum atomic E-state index is 0.203. The van der Waals surface area contributed by atoms with Crippen molar-refractivity contribution in [3.63, 3.8) is 0 Å². The maximum Gasteiger partial charge on any atom is 0.203 e. The average molecular weight is 633 g/mol. The lowest BCUT2D eigenvalue weighted by Gasteiger charge is -2.21. The predicted octanol–water partition coefficient (Wildman–Crippen LogP) is 5.26. The van der Waals surface area contributed by atoms with Gasteiger partial charge in [-0.05, 0) is 80.9 Å². The third-order valence-corrected chi connectivity index (χ3v) is 7.89. The first-order chi connectivity index (χ1) is 22.4. The highest BCUT2D eigenvalue weighted by molar-refractivity contribution is 6.10. The summed E-state index contributed by atoms with van der Waals surface area (Å²) in [5.74, 6) is 3.34. The molecule has 0 radical (unpaired) electrons. The number of nitrogens with one attached hydrogen (secondary N) is 2. The molecule has 0 saturated heterocycles. The number of hydrogen-bond acceptors (Lipinski definition) is 10. The summed E-state index contributed by atoms with van der Waals surface area (Å²) in [5.41, 5.74) is 7.18. The number of dihydropyridines is 1. The van der Waals surface area contributed by atoms with Crippen molar-refractivity contribution in [3.8, 4) is 40.0 Å². The molecule has 0 fully saturated rings. The number of rotatable bonds is 18. The molecule has 2 N–H and O–H groups in total. The maximum atomic E-state index is 5.71. The molecular formula is C36H48N4O6. The molecule has 2 heterocycles. The van der Waals surface area contributed by atoms with Crippen molar-refractivity contribution in [2.24, 2.45) is 4.99 Å². The van der Waals surface area contributed by atoms with Crippen molar-refractivity contribution in [1.29, 1.82) is 0 Å². The summed E-state index contributed by atoms with van der Waals surface area (Å²) >= 11 is 0. The Bertz CT molecular complexity index is 1460. The van der Waals surface area contributed by atoms with Crippen molar-refractivity contribution < 1.29 is 28.4 Å². The molecule has 3 aromatic rings. The molecule has 1 aliphatic rings. The Hall–Kier alpha value is -4.12. The van der Waals surface area contributed by atoms with Crippen LogP contribution in [0.1, 0.15) is 36.5 Å². The van der Waals surface area contributed by atoms with Gasteiger partial charge in [-0.25, -0.2) is 0 Å². The zero-order valence-electron chi connectivity index (χ0n) is 28.2. The van der Waals surface area contributed by atoms with E-state index in [1.165, 1.54) is 5.57 Å². The van der Waals surface area contributed by atoms with E-state index in [-0.39, 0.29) is 6.04 Å². The molecule has 248 valence electrons. The van der Waals surface area contributed by atoms with E-state index in [9.17, 15) is 0 Å². The summed E-state index contributed by atoms with van der Waals surface area (Å²) in [7, 11) is 9.89. The fourth-order valence-corrected chi connectivity index (χ4v) is 5.61. The van der Waals surface area contributed by atoms with E-state index in [0.29, 0.717) is 30.3 Å². The van der Waals surface area contributed by atoms with Crippen LogP contribution in [0.3, 0.4) is 0 Å². The Labute approximate surface area is 273 Å². The lowest BCUT2D eigenvalue weighted by atomic mass is 9.96. The van der Waals surface area contributed by atoms with Crippen LogP contribution in [0.25, 0.3) is 11.3 Å². The summed E-state index contributed by atoms with van der Waals surface area (Å²) in [5, 5.41) is 7.17. The number of pyridine rings is 1. The van der Waals surface area contributed by atoms with Crippen LogP contribution in [0.5, 0.6) is 28.7 Å². The van der Waals surface area contributed by atoms with Crippen LogP contribution >= 0.6 is 0 Å².